The van der Waals surface area contributed by atoms with Crippen LogP contribution in [0.15, 0.2) is 4.34 Å². The van der Waals surface area contributed by atoms with E-state index in [0.29, 0.717) is 22.0 Å². The van der Waals surface area contributed by atoms with Crippen LogP contribution in [0.25, 0.3) is 0 Å². The number of ether oxygens (including phenoxy) is 1. The van der Waals surface area contributed by atoms with Gasteiger partial charge in [0.2, 0.25) is 11.0 Å². The van der Waals surface area contributed by atoms with Gasteiger partial charge in [0.1, 0.15) is 0 Å². The van der Waals surface area contributed by atoms with E-state index in [9.17, 15) is 9.59 Å². The molecule has 2 N–H and O–H groups in total. The van der Waals surface area contributed by atoms with Crippen LogP contribution in [0.1, 0.15) is 27.7 Å². The second-order valence-electron chi connectivity index (χ2n) is 4.61. The molecular formula is C12H20N4O3S2. The Labute approximate surface area is 132 Å². The molecule has 21 heavy (non-hydrogen) atoms. The van der Waals surface area contributed by atoms with Crippen LogP contribution >= 0.6 is 23.1 Å². The maximum atomic E-state index is 11.7. The molecule has 0 aliphatic carbocycles. The van der Waals surface area contributed by atoms with Crippen molar-refractivity contribution in [3.8, 4) is 0 Å². The number of nitrogens with one attached hydrogen (secondary N) is 2. The zero-order valence-electron chi connectivity index (χ0n) is 12.5. The number of thioether (sulfide) groups is 1. The maximum Gasteiger partial charge on any atom is 0.413 e. The molecule has 0 radical (unpaired) electrons. The molecule has 0 spiro atoms. The number of hydrogen-bond donors (Lipinski definition) is 2. The summed E-state index contributed by atoms with van der Waals surface area (Å²) >= 11 is 2.49. The highest BCUT2D eigenvalue weighted by Gasteiger charge is 2.13. The van der Waals surface area contributed by atoms with Crippen molar-refractivity contribution in [3.63, 3.8) is 0 Å². The van der Waals surface area contributed by atoms with Crippen molar-refractivity contribution in [1.29, 1.82) is 0 Å². The van der Waals surface area contributed by atoms with E-state index < -0.39 is 6.09 Å². The molecule has 0 fully saturated rings. The van der Waals surface area contributed by atoms with Crippen LogP contribution in [0.4, 0.5) is 9.93 Å². The van der Waals surface area contributed by atoms with Crippen molar-refractivity contribution >= 4 is 40.2 Å². The molecule has 0 bridgehead atoms. The molecule has 0 aromatic carbocycles. The molecule has 0 saturated carbocycles. The molecule has 0 aliphatic heterocycles. The van der Waals surface area contributed by atoms with Gasteiger partial charge in [0.25, 0.3) is 0 Å². The summed E-state index contributed by atoms with van der Waals surface area (Å²) in [5, 5.41) is 13.4. The van der Waals surface area contributed by atoms with E-state index in [0.717, 1.165) is 0 Å². The van der Waals surface area contributed by atoms with E-state index in [4.69, 9.17) is 4.74 Å². The second kappa shape index (κ2) is 8.83. The molecule has 1 atom stereocenters. The van der Waals surface area contributed by atoms with Gasteiger partial charge < -0.3 is 10.1 Å². The standard InChI is InChI=1S/C12H20N4O3S2/c1-5-19-11(18)14-10-15-16-12(21-10)20-6-9(17)13-8(4)7(2)3/h7-8H,5-6H2,1-4H3,(H,13,17)(H,14,15,18)/t8-/m0/s1. The summed E-state index contributed by atoms with van der Waals surface area (Å²) in [6, 6.07) is 0.133. The van der Waals surface area contributed by atoms with Gasteiger partial charge in [-0.25, -0.2) is 4.79 Å². The normalized spacial score (nSPS) is 12.0. The van der Waals surface area contributed by atoms with Crippen molar-refractivity contribution in [3.05, 3.63) is 0 Å². The predicted molar refractivity (Wildman–Crippen MR) is 83.7 cm³/mol. The minimum atomic E-state index is -0.561. The molecule has 2 amide bonds. The summed E-state index contributed by atoms with van der Waals surface area (Å²) in [6.07, 6.45) is -0.561. The highest BCUT2D eigenvalue weighted by atomic mass is 32.2. The first-order valence-corrected chi connectivity index (χ1v) is 8.42. The van der Waals surface area contributed by atoms with Crippen molar-refractivity contribution in [1.82, 2.24) is 15.5 Å². The maximum absolute atomic E-state index is 11.7. The van der Waals surface area contributed by atoms with Gasteiger partial charge in [-0.05, 0) is 19.8 Å². The van der Waals surface area contributed by atoms with Gasteiger partial charge in [0, 0.05) is 6.04 Å². The van der Waals surface area contributed by atoms with Gasteiger partial charge >= 0.3 is 6.09 Å². The Morgan fingerprint density at radius 2 is 2.05 bits per heavy atom. The number of anilines is 1. The van der Waals surface area contributed by atoms with Crippen molar-refractivity contribution < 1.29 is 14.3 Å². The van der Waals surface area contributed by atoms with Crippen LogP contribution in [-0.2, 0) is 9.53 Å². The average Bonchev–Trinajstić information content (AvgIpc) is 2.84. The summed E-state index contributed by atoms with van der Waals surface area (Å²) < 4.78 is 5.36. The molecule has 1 heterocycles. The summed E-state index contributed by atoms with van der Waals surface area (Å²) in [6.45, 7) is 8.09. The summed E-state index contributed by atoms with van der Waals surface area (Å²) in [4.78, 5) is 22.9. The van der Waals surface area contributed by atoms with E-state index in [-0.39, 0.29) is 17.7 Å². The lowest BCUT2D eigenvalue weighted by molar-refractivity contribution is -0.119. The fourth-order valence-electron chi connectivity index (χ4n) is 1.16. The Kier molecular flexibility index (Phi) is 7.44. The average molecular weight is 332 g/mol. The van der Waals surface area contributed by atoms with Crippen LogP contribution < -0.4 is 10.6 Å². The quantitative estimate of drug-likeness (QED) is 0.588. The first-order valence-electron chi connectivity index (χ1n) is 6.61. The Morgan fingerprint density at radius 3 is 2.67 bits per heavy atom. The highest BCUT2D eigenvalue weighted by molar-refractivity contribution is 8.01. The number of hydrogen-bond acceptors (Lipinski definition) is 7. The molecule has 0 saturated heterocycles. The monoisotopic (exact) mass is 332 g/mol. The summed E-state index contributed by atoms with van der Waals surface area (Å²) in [7, 11) is 0. The SMILES string of the molecule is CCOC(=O)Nc1nnc(SCC(=O)N[C@@H](C)C(C)C)s1. The Balaban J connectivity index is 2.38. The zero-order chi connectivity index (χ0) is 15.8. The number of nitrogens with zero attached hydrogens (tertiary/aromatic N) is 2. The minimum Gasteiger partial charge on any atom is -0.450 e. The van der Waals surface area contributed by atoms with Gasteiger partial charge in [0.05, 0.1) is 12.4 Å². The molecule has 9 heteroatoms. The second-order valence-corrected chi connectivity index (χ2v) is 6.81. The molecule has 1 aromatic heterocycles. The smallest absolute Gasteiger partial charge is 0.413 e. The van der Waals surface area contributed by atoms with E-state index in [1.54, 1.807) is 6.92 Å². The molecule has 1 rings (SSSR count). The molecule has 118 valence electrons. The third-order valence-electron chi connectivity index (χ3n) is 2.61. The number of amides is 2. The van der Waals surface area contributed by atoms with Gasteiger partial charge in [-0.2, -0.15) is 0 Å². The van der Waals surface area contributed by atoms with E-state index in [1.807, 2.05) is 6.92 Å². The van der Waals surface area contributed by atoms with Gasteiger partial charge in [-0.1, -0.05) is 36.9 Å². The van der Waals surface area contributed by atoms with E-state index >= 15 is 0 Å². The van der Waals surface area contributed by atoms with Crippen LogP contribution in [0, 0.1) is 5.92 Å². The Morgan fingerprint density at radius 1 is 1.33 bits per heavy atom. The van der Waals surface area contributed by atoms with Crippen LogP contribution in [-0.4, -0.2) is 40.6 Å². The first-order chi connectivity index (χ1) is 9.92. The fourth-order valence-corrected chi connectivity index (χ4v) is 2.71. The van der Waals surface area contributed by atoms with Gasteiger partial charge in [-0.15, -0.1) is 10.2 Å². The highest BCUT2D eigenvalue weighted by Crippen LogP contribution is 2.25. The van der Waals surface area contributed by atoms with E-state index in [2.05, 4.69) is 34.7 Å². The topological polar surface area (TPSA) is 93.2 Å². The minimum absolute atomic E-state index is 0.0451. The molecule has 7 nitrogen and oxygen atoms in total. The van der Waals surface area contributed by atoms with Crippen molar-refractivity contribution in [2.45, 2.75) is 38.1 Å². The molecule has 1 aromatic rings. The molecule has 0 aliphatic rings. The molecule has 0 unspecified atom stereocenters. The lowest BCUT2D eigenvalue weighted by atomic mass is 10.1. The van der Waals surface area contributed by atoms with E-state index in [1.165, 1.54) is 23.1 Å². The van der Waals surface area contributed by atoms with Gasteiger partial charge in [-0.3, -0.25) is 10.1 Å². The fraction of sp³-hybridized carbons (Fsp3) is 0.667. The number of aromatic nitrogens is 2. The third-order valence-corrected chi connectivity index (χ3v) is 4.58. The Bertz CT molecular complexity index is 479. The van der Waals surface area contributed by atoms with Crippen molar-refractivity contribution in [2.24, 2.45) is 5.92 Å². The lowest BCUT2D eigenvalue weighted by Crippen LogP contribution is -2.37. The summed E-state index contributed by atoms with van der Waals surface area (Å²) in [5.74, 6) is 0.614. The first kappa shape index (κ1) is 17.7. The van der Waals surface area contributed by atoms with Crippen LogP contribution in [0.2, 0.25) is 0 Å². The van der Waals surface area contributed by atoms with Crippen molar-refractivity contribution in [2.75, 3.05) is 17.7 Å². The lowest BCUT2D eigenvalue weighted by Gasteiger charge is -2.16. The predicted octanol–water partition coefficient (Wildman–Crippen LogP) is 2.36. The third kappa shape index (κ3) is 6.76. The van der Waals surface area contributed by atoms with Crippen LogP contribution in [0.3, 0.4) is 0 Å². The number of carbonyl (C=O) groups is 2. The Hall–Kier alpha value is -1.35. The number of carbonyl (C=O) groups excluding carboxylic acids is 2. The zero-order valence-corrected chi connectivity index (χ0v) is 14.1. The number of rotatable bonds is 7. The van der Waals surface area contributed by atoms with Gasteiger partial charge in [0.15, 0.2) is 4.34 Å². The largest absolute Gasteiger partial charge is 0.450 e. The summed E-state index contributed by atoms with van der Waals surface area (Å²) in [5.41, 5.74) is 0. The molecular weight excluding hydrogens is 312 g/mol. The van der Waals surface area contributed by atoms with Crippen LogP contribution in [0.5, 0.6) is 0 Å².